The Morgan fingerprint density at radius 3 is 1.25 bits per heavy atom. The van der Waals surface area contributed by atoms with Gasteiger partial charge < -0.3 is 39.0 Å². The molecule has 77 heavy (non-hydrogen) atoms. The molecule has 0 aromatic carbocycles. The molecule has 3 N–H and O–H groups in total. The number of aliphatic carboxylic acids is 1. The first kappa shape index (κ1) is 70.7. The summed E-state index contributed by atoms with van der Waals surface area (Å²) < 4.78 is 28.4. The number of carboxylic acids is 1. The number of rotatable bonds is 50. The Labute approximate surface area is 466 Å². The van der Waals surface area contributed by atoms with Gasteiger partial charge in [-0.2, -0.15) is 0 Å². The average molecular weight is 1080 g/mol. The lowest BCUT2D eigenvalue weighted by atomic mass is 9.98. The third kappa shape index (κ3) is 42.3. The summed E-state index contributed by atoms with van der Waals surface area (Å²) >= 11 is 0. The number of unbranched alkanes of at least 4 members (excludes halogenated alkanes) is 20. The maximum atomic E-state index is 13.1. The fraction of sp³-hybridized carbons (Fsp3) is 0.692. The molecule has 6 atom stereocenters. The topological polar surface area (TPSA) is 175 Å². The van der Waals surface area contributed by atoms with Crippen LogP contribution in [-0.4, -0.2) is 89.2 Å². The molecular weight excluding hydrogens is 973 g/mol. The lowest BCUT2D eigenvalue weighted by Gasteiger charge is -2.40. The van der Waals surface area contributed by atoms with E-state index in [2.05, 4.69) is 118 Å². The molecule has 1 saturated heterocycles. The van der Waals surface area contributed by atoms with Gasteiger partial charge in [0.1, 0.15) is 18.8 Å². The summed E-state index contributed by atoms with van der Waals surface area (Å²) in [6.45, 7) is 5.72. The Balaban J connectivity index is 2.64. The quantitative estimate of drug-likeness (QED) is 0.0228. The van der Waals surface area contributed by atoms with E-state index in [1.54, 1.807) is 0 Å². The van der Waals surface area contributed by atoms with Crippen molar-refractivity contribution in [1.29, 1.82) is 0 Å². The number of aliphatic hydroxyl groups excluding tert-OH is 2. The van der Waals surface area contributed by atoms with Crippen molar-refractivity contribution in [2.75, 3.05) is 13.2 Å². The number of aliphatic hydroxyl groups is 2. The largest absolute Gasteiger partial charge is 0.479 e. The second-order valence-corrected chi connectivity index (χ2v) is 20.2. The standard InChI is InChI=1S/C65H106O12/c1-4-7-10-13-16-19-21-23-25-27-29-31-33-35-37-40-42-45-48-51-57(66)73-54-56(75-58(67)52-49-46-43-39-18-15-12-9-6-3)55-74-65-63(61(70)60(69)62(77-65)64(71)72)76-59(68)53-50-47-44-41-38-36-34-32-30-28-26-24-22-20-17-14-11-8-5-2/h7-8,10-11,16-17,19-20,23-26,29-32,56,60-63,65,69-70H,4-6,9,12-15,18,21-22,27-28,33-55H2,1-3H3,(H,71,72)/b10-7-,11-8-,19-16-,20-17-,25-23-,26-24-,31-29-,32-30-. The number of carbonyl (C=O) groups is 4. The number of carbonyl (C=O) groups excluding carboxylic acids is 3. The molecule has 1 heterocycles. The molecule has 0 spiro atoms. The van der Waals surface area contributed by atoms with Crippen molar-refractivity contribution in [3.05, 3.63) is 97.2 Å². The van der Waals surface area contributed by atoms with Gasteiger partial charge in [-0.25, -0.2) is 4.79 Å². The molecule has 0 radical (unpaired) electrons. The zero-order valence-corrected chi connectivity index (χ0v) is 48.2. The van der Waals surface area contributed by atoms with Crippen molar-refractivity contribution in [2.24, 2.45) is 0 Å². The van der Waals surface area contributed by atoms with Gasteiger partial charge in [0.25, 0.3) is 0 Å². The first-order chi connectivity index (χ1) is 37.6. The highest BCUT2D eigenvalue weighted by molar-refractivity contribution is 5.74. The maximum absolute atomic E-state index is 13.1. The van der Waals surface area contributed by atoms with Crippen LogP contribution < -0.4 is 0 Å². The molecule has 0 aromatic rings. The molecule has 0 aromatic heterocycles. The number of hydrogen-bond donors (Lipinski definition) is 3. The van der Waals surface area contributed by atoms with Gasteiger partial charge in [0.15, 0.2) is 24.6 Å². The summed E-state index contributed by atoms with van der Waals surface area (Å²) in [6.07, 6.45) is 56.7. The minimum Gasteiger partial charge on any atom is -0.479 e. The summed E-state index contributed by atoms with van der Waals surface area (Å²) in [5, 5.41) is 31.5. The average Bonchev–Trinajstić information content (AvgIpc) is 3.42. The summed E-state index contributed by atoms with van der Waals surface area (Å²) in [4.78, 5) is 51.1. The van der Waals surface area contributed by atoms with E-state index < -0.39 is 67.3 Å². The van der Waals surface area contributed by atoms with Gasteiger partial charge in [-0.05, 0) is 96.3 Å². The fourth-order valence-electron chi connectivity index (χ4n) is 8.58. The monoisotopic (exact) mass is 1080 g/mol. The molecule has 6 unspecified atom stereocenters. The SMILES string of the molecule is CC/C=C\C/C=C\C/C=C\C/C=C\CCCCCCCCC(=O)OCC(COC1OC(C(=O)O)C(O)C(O)C1OC(=O)CCCCCCCC/C=C\C/C=C\C/C=C\C/C=C\CC)OC(=O)CCCCCCCCCCC. The third-order valence-corrected chi connectivity index (χ3v) is 13.2. The van der Waals surface area contributed by atoms with Crippen molar-refractivity contribution in [2.45, 2.75) is 276 Å². The summed E-state index contributed by atoms with van der Waals surface area (Å²) in [5.74, 6) is -3.16. The number of hydrogen-bond acceptors (Lipinski definition) is 11. The fourth-order valence-corrected chi connectivity index (χ4v) is 8.58. The van der Waals surface area contributed by atoms with E-state index in [0.717, 1.165) is 148 Å². The number of esters is 3. The third-order valence-electron chi connectivity index (χ3n) is 13.2. The Hall–Kier alpha value is -4.36. The van der Waals surface area contributed by atoms with Crippen LogP contribution in [0.5, 0.6) is 0 Å². The highest BCUT2D eigenvalue weighted by atomic mass is 16.7. The lowest BCUT2D eigenvalue weighted by molar-refractivity contribution is -0.301. The smallest absolute Gasteiger partial charge is 0.335 e. The van der Waals surface area contributed by atoms with Gasteiger partial charge in [0.2, 0.25) is 0 Å². The predicted octanol–water partition coefficient (Wildman–Crippen LogP) is 15.7. The van der Waals surface area contributed by atoms with Crippen LogP contribution >= 0.6 is 0 Å². The molecule has 1 aliphatic heterocycles. The minimum atomic E-state index is -1.91. The number of allylic oxidation sites excluding steroid dienone is 16. The van der Waals surface area contributed by atoms with Crippen molar-refractivity contribution in [3.63, 3.8) is 0 Å². The Kier molecular flexibility index (Phi) is 48.0. The summed E-state index contributed by atoms with van der Waals surface area (Å²) in [5.41, 5.74) is 0. The van der Waals surface area contributed by atoms with Gasteiger partial charge in [0.05, 0.1) is 6.61 Å². The molecule has 0 bridgehead atoms. The van der Waals surface area contributed by atoms with E-state index in [0.29, 0.717) is 19.3 Å². The molecular formula is C65H106O12. The molecule has 1 fully saturated rings. The molecule has 1 rings (SSSR count). The van der Waals surface area contributed by atoms with Crippen LogP contribution in [0.2, 0.25) is 0 Å². The van der Waals surface area contributed by atoms with Gasteiger partial charge in [0, 0.05) is 19.3 Å². The Bertz CT molecular complexity index is 1710. The van der Waals surface area contributed by atoms with E-state index in [4.69, 9.17) is 23.7 Å². The van der Waals surface area contributed by atoms with Crippen molar-refractivity contribution in [3.8, 4) is 0 Å². The molecule has 12 nitrogen and oxygen atoms in total. The van der Waals surface area contributed by atoms with Gasteiger partial charge in [-0.1, -0.05) is 221 Å². The van der Waals surface area contributed by atoms with Crippen LogP contribution in [0.4, 0.5) is 0 Å². The first-order valence-corrected chi connectivity index (χ1v) is 30.2. The van der Waals surface area contributed by atoms with E-state index in [1.165, 1.54) is 32.1 Å². The second-order valence-electron chi connectivity index (χ2n) is 20.2. The Morgan fingerprint density at radius 1 is 0.442 bits per heavy atom. The lowest BCUT2D eigenvalue weighted by Crippen LogP contribution is -2.61. The summed E-state index contributed by atoms with van der Waals surface area (Å²) in [6, 6.07) is 0. The molecule has 0 saturated carbocycles. The van der Waals surface area contributed by atoms with Crippen LogP contribution in [0.15, 0.2) is 97.2 Å². The zero-order chi connectivity index (χ0) is 56.1. The minimum absolute atomic E-state index is 0.0398. The first-order valence-electron chi connectivity index (χ1n) is 30.2. The predicted molar refractivity (Wildman–Crippen MR) is 312 cm³/mol. The van der Waals surface area contributed by atoms with Gasteiger partial charge in [-0.15, -0.1) is 0 Å². The molecule has 0 amide bonds. The van der Waals surface area contributed by atoms with Crippen LogP contribution in [0.25, 0.3) is 0 Å². The zero-order valence-electron chi connectivity index (χ0n) is 48.2. The maximum Gasteiger partial charge on any atom is 0.335 e. The molecule has 0 aliphatic carbocycles. The van der Waals surface area contributed by atoms with Crippen molar-refractivity contribution in [1.82, 2.24) is 0 Å². The molecule has 1 aliphatic rings. The summed E-state index contributed by atoms with van der Waals surface area (Å²) in [7, 11) is 0. The van der Waals surface area contributed by atoms with Gasteiger partial charge >= 0.3 is 23.9 Å². The van der Waals surface area contributed by atoms with Crippen LogP contribution in [-0.2, 0) is 42.9 Å². The number of ether oxygens (including phenoxy) is 5. The van der Waals surface area contributed by atoms with Gasteiger partial charge in [-0.3, -0.25) is 14.4 Å². The molecule has 438 valence electrons. The van der Waals surface area contributed by atoms with E-state index in [-0.39, 0.29) is 25.9 Å². The van der Waals surface area contributed by atoms with Crippen molar-refractivity contribution >= 4 is 23.9 Å². The van der Waals surface area contributed by atoms with Crippen LogP contribution in [0.3, 0.4) is 0 Å². The normalized spacial score (nSPS) is 18.7. The highest BCUT2D eigenvalue weighted by Gasteiger charge is 2.50. The molecule has 12 heteroatoms. The van der Waals surface area contributed by atoms with E-state index in [9.17, 15) is 34.5 Å². The van der Waals surface area contributed by atoms with Crippen LogP contribution in [0, 0.1) is 0 Å². The van der Waals surface area contributed by atoms with E-state index in [1.807, 2.05) is 0 Å². The van der Waals surface area contributed by atoms with Crippen molar-refractivity contribution < 1.29 is 58.2 Å². The second kappa shape index (κ2) is 52.3. The Morgan fingerprint density at radius 2 is 0.818 bits per heavy atom. The van der Waals surface area contributed by atoms with E-state index >= 15 is 0 Å². The highest BCUT2D eigenvalue weighted by Crippen LogP contribution is 2.26. The van der Waals surface area contributed by atoms with Crippen LogP contribution in [0.1, 0.15) is 239 Å². The number of carboxylic acid groups (broad SMARTS) is 1.